The second-order valence-corrected chi connectivity index (χ2v) is 7.43. The van der Waals surface area contributed by atoms with E-state index in [4.69, 9.17) is 4.74 Å². The number of hydrogen-bond donors (Lipinski definition) is 0. The minimum atomic E-state index is -0.193. The second-order valence-electron chi connectivity index (χ2n) is 7.43. The van der Waals surface area contributed by atoms with Crippen molar-refractivity contribution in [1.82, 2.24) is 14.7 Å². The van der Waals surface area contributed by atoms with Gasteiger partial charge in [-0.2, -0.15) is 0 Å². The maximum Gasteiger partial charge on any atom is 0.244 e. The number of morpholine rings is 1. The molecule has 5 heteroatoms. The van der Waals surface area contributed by atoms with Crippen LogP contribution < -0.4 is 0 Å². The summed E-state index contributed by atoms with van der Waals surface area (Å²) >= 11 is 0. The Bertz CT molecular complexity index is 576. The first-order chi connectivity index (χ1) is 12.1. The molecule has 1 aromatic rings. The fourth-order valence-corrected chi connectivity index (χ4v) is 4.09. The van der Waals surface area contributed by atoms with Gasteiger partial charge >= 0.3 is 0 Å². The zero-order chi connectivity index (χ0) is 17.8. The van der Waals surface area contributed by atoms with E-state index in [1.807, 2.05) is 31.1 Å². The summed E-state index contributed by atoms with van der Waals surface area (Å²) in [5.74, 6) is 0.236. The van der Waals surface area contributed by atoms with Gasteiger partial charge in [0.15, 0.2) is 0 Å². The van der Waals surface area contributed by atoms with Crippen LogP contribution in [0.25, 0.3) is 0 Å². The van der Waals surface area contributed by atoms with Crippen molar-refractivity contribution in [3.05, 3.63) is 35.4 Å². The first kappa shape index (κ1) is 18.4. The van der Waals surface area contributed by atoms with Gasteiger partial charge in [-0.25, -0.2) is 0 Å². The number of aryl methyl sites for hydroxylation is 1. The molecule has 0 radical (unpaired) electrons. The zero-order valence-corrected chi connectivity index (χ0v) is 15.8. The molecule has 1 aromatic carbocycles. The molecule has 0 unspecified atom stereocenters. The molecular formula is C20H31N3O2. The lowest BCUT2D eigenvalue weighted by molar-refractivity contribution is -0.138. The van der Waals surface area contributed by atoms with Crippen LogP contribution in [0.4, 0.5) is 0 Å². The van der Waals surface area contributed by atoms with Crippen LogP contribution in [0, 0.1) is 6.92 Å². The van der Waals surface area contributed by atoms with Crippen molar-refractivity contribution in [2.24, 2.45) is 0 Å². The molecule has 0 spiro atoms. The van der Waals surface area contributed by atoms with E-state index >= 15 is 0 Å². The standard InChI is InChI=1S/C20H31N3O2/c1-16-6-4-5-7-18(16)19(21(2)3)20(24)23-10-8-17(9-11-23)22-12-14-25-15-13-22/h4-7,17,19H,8-15H2,1-3H3/t19-/m0/s1. The minimum absolute atomic E-state index is 0.193. The van der Waals surface area contributed by atoms with E-state index in [9.17, 15) is 4.79 Å². The van der Waals surface area contributed by atoms with Crippen LogP contribution in [0.5, 0.6) is 0 Å². The Balaban J connectivity index is 1.65. The number of likely N-dealkylation sites (tertiary alicyclic amines) is 1. The van der Waals surface area contributed by atoms with Crippen LogP contribution in [-0.2, 0) is 9.53 Å². The van der Waals surface area contributed by atoms with Crippen LogP contribution in [-0.4, -0.2) is 80.1 Å². The van der Waals surface area contributed by atoms with E-state index in [2.05, 4.69) is 28.9 Å². The van der Waals surface area contributed by atoms with Gasteiger partial charge in [0, 0.05) is 32.2 Å². The largest absolute Gasteiger partial charge is 0.379 e. The van der Waals surface area contributed by atoms with Crippen molar-refractivity contribution in [2.45, 2.75) is 31.8 Å². The van der Waals surface area contributed by atoms with Crippen molar-refractivity contribution >= 4 is 5.91 Å². The number of rotatable bonds is 4. The quantitative estimate of drug-likeness (QED) is 0.835. The molecule has 2 aliphatic heterocycles. The molecule has 0 aromatic heterocycles. The van der Waals surface area contributed by atoms with Gasteiger partial charge in [0.25, 0.3) is 0 Å². The highest BCUT2D eigenvalue weighted by Crippen LogP contribution is 2.26. The zero-order valence-electron chi connectivity index (χ0n) is 15.8. The summed E-state index contributed by atoms with van der Waals surface area (Å²) in [4.78, 5) is 19.9. The molecule has 3 rings (SSSR count). The van der Waals surface area contributed by atoms with E-state index in [-0.39, 0.29) is 11.9 Å². The average molecular weight is 345 g/mol. The Morgan fingerprint density at radius 2 is 1.76 bits per heavy atom. The molecule has 5 nitrogen and oxygen atoms in total. The Labute approximate surface area is 151 Å². The lowest BCUT2D eigenvalue weighted by Gasteiger charge is -2.41. The van der Waals surface area contributed by atoms with E-state index < -0.39 is 0 Å². The van der Waals surface area contributed by atoms with Gasteiger partial charge in [-0.1, -0.05) is 24.3 Å². The van der Waals surface area contributed by atoms with Crippen LogP contribution in [0.15, 0.2) is 24.3 Å². The van der Waals surface area contributed by atoms with E-state index in [0.29, 0.717) is 6.04 Å². The summed E-state index contributed by atoms with van der Waals surface area (Å²) in [6.45, 7) is 7.55. The van der Waals surface area contributed by atoms with Gasteiger partial charge in [-0.15, -0.1) is 0 Å². The molecule has 2 aliphatic rings. The maximum atomic E-state index is 13.2. The minimum Gasteiger partial charge on any atom is -0.379 e. The number of carbonyl (C=O) groups excluding carboxylic acids is 1. The van der Waals surface area contributed by atoms with E-state index in [1.54, 1.807) is 0 Å². The van der Waals surface area contributed by atoms with Crippen LogP contribution in [0.1, 0.15) is 30.0 Å². The fourth-order valence-electron chi connectivity index (χ4n) is 4.09. The van der Waals surface area contributed by atoms with E-state index in [0.717, 1.165) is 57.8 Å². The molecule has 2 fully saturated rings. The summed E-state index contributed by atoms with van der Waals surface area (Å²) in [6.07, 6.45) is 2.14. The van der Waals surface area contributed by atoms with Gasteiger partial charge in [-0.05, 0) is 45.0 Å². The monoisotopic (exact) mass is 345 g/mol. The van der Waals surface area contributed by atoms with Crippen molar-refractivity contribution in [1.29, 1.82) is 0 Å². The van der Waals surface area contributed by atoms with Crippen molar-refractivity contribution in [2.75, 3.05) is 53.5 Å². The first-order valence-corrected chi connectivity index (χ1v) is 9.40. The molecule has 0 N–H and O–H groups in total. The maximum absolute atomic E-state index is 13.2. The Kier molecular flexibility index (Phi) is 6.10. The molecule has 0 aliphatic carbocycles. The summed E-state index contributed by atoms with van der Waals surface area (Å²) in [5, 5.41) is 0. The molecule has 1 amide bonds. The predicted molar refractivity (Wildman–Crippen MR) is 99.6 cm³/mol. The summed E-state index contributed by atoms with van der Waals surface area (Å²) in [5.41, 5.74) is 2.30. The highest BCUT2D eigenvalue weighted by Gasteiger charge is 2.33. The molecule has 25 heavy (non-hydrogen) atoms. The summed E-state index contributed by atoms with van der Waals surface area (Å²) in [7, 11) is 3.99. The topological polar surface area (TPSA) is 36.0 Å². The smallest absolute Gasteiger partial charge is 0.244 e. The Morgan fingerprint density at radius 3 is 2.36 bits per heavy atom. The van der Waals surface area contributed by atoms with Crippen LogP contribution in [0.3, 0.4) is 0 Å². The highest BCUT2D eigenvalue weighted by molar-refractivity contribution is 5.83. The summed E-state index contributed by atoms with van der Waals surface area (Å²) in [6, 6.07) is 8.63. The third kappa shape index (κ3) is 4.22. The first-order valence-electron chi connectivity index (χ1n) is 9.40. The number of piperidine rings is 1. The Morgan fingerprint density at radius 1 is 1.12 bits per heavy atom. The van der Waals surface area contributed by atoms with Gasteiger partial charge < -0.3 is 9.64 Å². The fraction of sp³-hybridized carbons (Fsp3) is 0.650. The number of ether oxygens (including phenoxy) is 1. The second kappa shape index (κ2) is 8.30. The highest BCUT2D eigenvalue weighted by atomic mass is 16.5. The molecule has 2 saturated heterocycles. The number of hydrogen-bond acceptors (Lipinski definition) is 4. The number of benzene rings is 1. The molecule has 0 saturated carbocycles. The molecule has 138 valence electrons. The Hall–Kier alpha value is -1.43. The van der Waals surface area contributed by atoms with Gasteiger partial charge in [-0.3, -0.25) is 14.6 Å². The molecule has 2 heterocycles. The summed E-state index contributed by atoms with van der Waals surface area (Å²) < 4.78 is 5.46. The third-order valence-electron chi connectivity index (χ3n) is 5.57. The number of nitrogens with zero attached hydrogens (tertiary/aromatic N) is 3. The van der Waals surface area contributed by atoms with Crippen LogP contribution >= 0.6 is 0 Å². The third-order valence-corrected chi connectivity index (χ3v) is 5.57. The van der Waals surface area contributed by atoms with Gasteiger partial charge in [0.2, 0.25) is 5.91 Å². The predicted octanol–water partition coefficient (Wildman–Crippen LogP) is 1.92. The van der Waals surface area contributed by atoms with Crippen molar-refractivity contribution in [3.63, 3.8) is 0 Å². The molecule has 1 atom stereocenters. The lowest BCUT2D eigenvalue weighted by atomic mass is 9.97. The normalized spacial score (nSPS) is 21.5. The number of amides is 1. The van der Waals surface area contributed by atoms with Gasteiger partial charge in [0.1, 0.15) is 6.04 Å². The molecular weight excluding hydrogens is 314 g/mol. The molecule has 0 bridgehead atoms. The van der Waals surface area contributed by atoms with Crippen molar-refractivity contribution < 1.29 is 9.53 Å². The van der Waals surface area contributed by atoms with Crippen LogP contribution in [0.2, 0.25) is 0 Å². The lowest BCUT2D eigenvalue weighted by Crippen LogP contribution is -2.51. The SMILES string of the molecule is Cc1ccccc1[C@@H](C(=O)N1CCC(N2CCOCC2)CC1)N(C)C. The van der Waals surface area contributed by atoms with E-state index in [1.165, 1.54) is 5.56 Å². The average Bonchev–Trinajstić information content (AvgIpc) is 2.64. The number of carbonyl (C=O) groups is 1. The number of likely N-dealkylation sites (N-methyl/N-ethyl adjacent to an activating group) is 1. The van der Waals surface area contributed by atoms with Crippen molar-refractivity contribution in [3.8, 4) is 0 Å². The van der Waals surface area contributed by atoms with Gasteiger partial charge in [0.05, 0.1) is 13.2 Å².